The highest BCUT2D eigenvalue weighted by molar-refractivity contribution is 9.10. The number of ether oxygens (including phenoxy) is 2. The van der Waals surface area contributed by atoms with E-state index in [1.807, 2.05) is 30.3 Å². The fourth-order valence-corrected chi connectivity index (χ4v) is 4.25. The van der Waals surface area contributed by atoms with E-state index in [2.05, 4.69) is 15.9 Å². The van der Waals surface area contributed by atoms with Gasteiger partial charge in [-0.05, 0) is 38.5 Å². The van der Waals surface area contributed by atoms with Gasteiger partial charge < -0.3 is 9.47 Å². The van der Waals surface area contributed by atoms with Gasteiger partial charge in [-0.15, -0.1) is 0 Å². The molecular weight excluding hydrogens is 436 g/mol. The normalized spacial score (nSPS) is 21.3. The van der Waals surface area contributed by atoms with Gasteiger partial charge in [-0.25, -0.2) is 0 Å². The van der Waals surface area contributed by atoms with Gasteiger partial charge in [0.1, 0.15) is 5.60 Å². The van der Waals surface area contributed by atoms with Crippen LogP contribution in [0.4, 0.5) is 0 Å². The van der Waals surface area contributed by atoms with Gasteiger partial charge in [-0.1, -0.05) is 58.4 Å². The average Bonchev–Trinajstić information content (AvgIpc) is 2.92. The molecule has 1 heterocycles. The van der Waals surface area contributed by atoms with Crippen LogP contribution in [0.2, 0.25) is 0 Å². The minimum absolute atomic E-state index is 0.145. The Balaban J connectivity index is 2.13. The third-order valence-corrected chi connectivity index (χ3v) is 5.78. The maximum Gasteiger partial charge on any atom is 0.321 e. The maximum absolute atomic E-state index is 13.6. The third-order valence-electron chi connectivity index (χ3n) is 5.25. The Morgan fingerprint density at radius 2 is 1.72 bits per heavy atom. The second-order valence-corrected chi connectivity index (χ2v) is 8.46. The summed E-state index contributed by atoms with van der Waals surface area (Å²) in [5.41, 5.74) is 0.214. The lowest BCUT2D eigenvalue weighted by Crippen LogP contribution is -2.41. The van der Waals surface area contributed by atoms with Crippen LogP contribution >= 0.6 is 15.9 Å². The quantitative estimate of drug-likeness (QED) is 0.360. The summed E-state index contributed by atoms with van der Waals surface area (Å²) in [5.74, 6) is -4.08. The summed E-state index contributed by atoms with van der Waals surface area (Å²) in [4.78, 5) is 38.9. The smallest absolute Gasteiger partial charge is 0.321 e. The lowest BCUT2D eigenvalue weighted by molar-refractivity contribution is -0.157. The molecule has 1 fully saturated rings. The summed E-state index contributed by atoms with van der Waals surface area (Å²) in [6.07, 6.45) is 0. The Hall–Kier alpha value is -2.47. The molecule has 0 radical (unpaired) electrons. The van der Waals surface area contributed by atoms with Gasteiger partial charge >= 0.3 is 11.9 Å². The third kappa shape index (κ3) is 4.27. The van der Waals surface area contributed by atoms with E-state index in [1.54, 1.807) is 45.0 Å². The Labute approximate surface area is 178 Å². The Kier molecular flexibility index (Phi) is 6.22. The van der Waals surface area contributed by atoms with Crippen LogP contribution in [0.1, 0.15) is 42.6 Å². The molecule has 1 saturated heterocycles. The zero-order chi connectivity index (χ0) is 21.2. The first-order chi connectivity index (χ1) is 13.8. The highest BCUT2D eigenvalue weighted by Crippen LogP contribution is 2.47. The topological polar surface area (TPSA) is 69.7 Å². The summed E-state index contributed by atoms with van der Waals surface area (Å²) in [6.45, 7) is 5.30. The molecule has 2 aromatic rings. The van der Waals surface area contributed by atoms with E-state index >= 15 is 0 Å². The predicted molar refractivity (Wildman–Crippen MR) is 111 cm³/mol. The van der Waals surface area contributed by atoms with Crippen molar-refractivity contribution in [3.05, 3.63) is 70.2 Å². The zero-order valence-corrected chi connectivity index (χ0v) is 18.1. The molecule has 3 atom stereocenters. The summed E-state index contributed by atoms with van der Waals surface area (Å²) >= 11 is 3.38. The number of halogens is 1. The van der Waals surface area contributed by atoms with Gasteiger partial charge in [0, 0.05) is 16.0 Å². The molecule has 0 saturated carbocycles. The molecular formula is C23H23BrO5. The van der Waals surface area contributed by atoms with Crippen LogP contribution in [-0.4, -0.2) is 29.9 Å². The summed E-state index contributed by atoms with van der Waals surface area (Å²) in [6, 6.07) is 16.2. The van der Waals surface area contributed by atoms with Crippen LogP contribution in [0.3, 0.4) is 0 Å². The van der Waals surface area contributed by atoms with Crippen LogP contribution in [0.15, 0.2) is 59.1 Å². The van der Waals surface area contributed by atoms with E-state index in [9.17, 15) is 14.4 Å². The highest BCUT2D eigenvalue weighted by atomic mass is 79.9. The molecule has 2 aromatic carbocycles. The first-order valence-corrected chi connectivity index (χ1v) is 10.3. The van der Waals surface area contributed by atoms with E-state index in [-0.39, 0.29) is 12.4 Å². The van der Waals surface area contributed by atoms with Crippen molar-refractivity contribution in [2.24, 2.45) is 11.8 Å². The van der Waals surface area contributed by atoms with Crippen molar-refractivity contribution in [1.29, 1.82) is 0 Å². The van der Waals surface area contributed by atoms with Crippen molar-refractivity contribution in [1.82, 2.24) is 0 Å². The van der Waals surface area contributed by atoms with Gasteiger partial charge in [0.25, 0.3) is 0 Å². The van der Waals surface area contributed by atoms with Crippen LogP contribution in [0, 0.1) is 11.8 Å². The number of Topliss-reactive ketones (excluding diaryl/α,β-unsaturated/α-hetero) is 1. The molecule has 0 spiro atoms. The van der Waals surface area contributed by atoms with Gasteiger partial charge in [0.2, 0.25) is 0 Å². The minimum atomic E-state index is -1.16. The molecule has 0 N–H and O–H groups in total. The molecule has 0 amide bonds. The molecule has 0 unspecified atom stereocenters. The SMILES string of the molecule is CCOC(=O)[C@@H]1C(=O)OC(C)(C)[C@@H]1[C@@H](C(=O)c1ccc(Br)cc1)c1ccccc1. The summed E-state index contributed by atoms with van der Waals surface area (Å²) in [5, 5.41) is 0. The number of carbonyl (C=O) groups is 3. The Morgan fingerprint density at radius 1 is 1.10 bits per heavy atom. The van der Waals surface area contributed by atoms with Crippen molar-refractivity contribution >= 4 is 33.7 Å². The van der Waals surface area contributed by atoms with Crippen molar-refractivity contribution < 1.29 is 23.9 Å². The number of ketones is 1. The van der Waals surface area contributed by atoms with Crippen LogP contribution in [0.25, 0.3) is 0 Å². The average molecular weight is 459 g/mol. The lowest BCUT2D eigenvalue weighted by atomic mass is 9.69. The second-order valence-electron chi connectivity index (χ2n) is 7.54. The molecule has 1 aliphatic heterocycles. The van der Waals surface area contributed by atoms with Crippen LogP contribution in [-0.2, 0) is 19.1 Å². The second kappa shape index (κ2) is 8.49. The van der Waals surface area contributed by atoms with Gasteiger partial charge in [-0.2, -0.15) is 0 Å². The van der Waals surface area contributed by atoms with Crippen molar-refractivity contribution in [2.45, 2.75) is 32.3 Å². The first kappa shape index (κ1) is 21.2. The van der Waals surface area contributed by atoms with Crippen molar-refractivity contribution in [2.75, 3.05) is 6.61 Å². The van der Waals surface area contributed by atoms with Gasteiger partial charge in [-0.3, -0.25) is 14.4 Å². The minimum Gasteiger partial charge on any atom is -0.465 e. The molecule has 152 valence electrons. The molecule has 3 rings (SSSR count). The number of hydrogen-bond donors (Lipinski definition) is 0. The molecule has 0 aromatic heterocycles. The van der Waals surface area contributed by atoms with E-state index < -0.39 is 35.3 Å². The fraction of sp³-hybridized carbons (Fsp3) is 0.348. The monoisotopic (exact) mass is 458 g/mol. The Bertz CT molecular complexity index is 905. The molecule has 6 heteroatoms. The molecule has 5 nitrogen and oxygen atoms in total. The van der Waals surface area contributed by atoms with E-state index in [0.717, 1.165) is 10.0 Å². The van der Waals surface area contributed by atoms with Gasteiger partial charge in [0.15, 0.2) is 11.7 Å². The standard InChI is InChI=1S/C23H23BrO5/c1-4-28-21(26)18-19(23(2,3)29-22(18)27)17(14-8-6-5-7-9-14)20(25)15-10-12-16(24)13-11-15/h5-13,17-19H,4H2,1-3H3/t17-,18+,19+/m0/s1. The van der Waals surface area contributed by atoms with E-state index in [0.29, 0.717) is 5.56 Å². The van der Waals surface area contributed by atoms with Crippen molar-refractivity contribution in [3.8, 4) is 0 Å². The van der Waals surface area contributed by atoms with Crippen molar-refractivity contribution in [3.63, 3.8) is 0 Å². The number of cyclic esters (lactones) is 1. The molecule has 0 aliphatic carbocycles. The number of carbonyl (C=O) groups excluding carboxylic acids is 3. The molecule has 29 heavy (non-hydrogen) atoms. The van der Waals surface area contributed by atoms with E-state index in [4.69, 9.17) is 9.47 Å². The number of hydrogen-bond acceptors (Lipinski definition) is 5. The number of rotatable bonds is 6. The molecule has 0 bridgehead atoms. The first-order valence-electron chi connectivity index (χ1n) is 9.50. The van der Waals surface area contributed by atoms with Crippen LogP contribution < -0.4 is 0 Å². The summed E-state index contributed by atoms with van der Waals surface area (Å²) in [7, 11) is 0. The van der Waals surface area contributed by atoms with Gasteiger partial charge in [0.05, 0.1) is 12.5 Å². The molecule has 1 aliphatic rings. The maximum atomic E-state index is 13.6. The largest absolute Gasteiger partial charge is 0.465 e. The lowest BCUT2D eigenvalue weighted by Gasteiger charge is -2.33. The van der Waals surface area contributed by atoms with E-state index in [1.165, 1.54) is 0 Å². The fourth-order valence-electron chi connectivity index (χ4n) is 3.98. The predicted octanol–water partition coefficient (Wildman–Crippen LogP) is 4.55. The number of esters is 2. The Morgan fingerprint density at radius 3 is 2.31 bits per heavy atom. The number of benzene rings is 2. The highest BCUT2D eigenvalue weighted by Gasteiger charge is 2.58. The zero-order valence-electron chi connectivity index (χ0n) is 16.6. The van der Waals surface area contributed by atoms with Crippen LogP contribution in [0.5, 0.6) is 0 Å². The summed E-state index contributed by atoms with van der Waals surface area (Å²) < 4.78 is 11.6.